The van der Waals surface area contributed by atoms with Crippen LogP contribution in [0.15, 0.2) is 77.8 Å². The summed E-state index contributed by atoms with van der Waals surface area (Å²) in [4.78, 5) is 31.7. The summed E-state index contributed by atoms with van der Waals surface area (Å²) in [5.74, 6) is -2.04. The van der Waals surface area contributed by atoms with E-state index in [4.69, 9.17) is 24.3 Å². The van der Waals surface area contributed by atoms with Crippen molar-refractivity contribution in [3.63, 3.8) is 0 Å². The molecule has 1 aliphatic rings. The van der Waals surface area contributed by atoms with E-state index >= 15 is 0 Å². The molecule has 0 saturated heterocycles. The molecule has 2 N–H and O–H groups in total. The number of nitrogens with one attached hydrogen (secondary N) is 1. The zero-order chi connectivity index (χ0) is 31.0. The quantitative estimate of drug-likeness (QED) is 0.214. The number of hydrogen-bond donors (Lipinski definition) is 2. The van der Waals surface area contributed by atoms with Crippen LogP contribution in [0.3, 0.4) is 0 Å². The number of carbonyl (C=O) groups excluding carboxylic acids is 2. The van der Waals surface area contributed by atoms with Gasteiger partial charge < -0.3 is 24.6 Å². The zero-order valence-corrected chi connectivity index (χ0v) is 24.4. The molecule has 228 valence electrons. The maximum Gasteiger partial charge on any atom is 0.306 e. The first-order chi connectivity index (χ1) is 20.5. The second-order valence-electron chi connectivity index (χ2n) is 11.2. The van der Waals surface area contributed by atoms with Gasteiger partial charge >= 0.3 is 5.97 Å². The molecular formula is C33H36F2N2O6. The van der Waals surface area contributed by atoms with Gasteiger partial charge in [-0.2, -0.15) is 0 Å². The Hall–Kier alpha value is -4.31. The molecule has 0 aromatic heterocycles. The number of amides is 1. The molecular weight excluding hydrogens is 558 g/mol. The molecule has 0 bridgehead atoms. The largest absolute Gasteiger partial charge is 0.494 e. The lowest BCUT2D eigenvalue weighted by Crippen LogP contribution is -2.48. The van der Waals surface area contributed by atoms with Crippen LogP contribution in [-0.2, 0) is 25.6 Å². The molecule has 0 unspecified atom stereocenters. The minimum Gasteiger partial charge on any atom is -0.494 e. The van der Waals surface area contributed by atoms with E-state index in [1.807, 2.05) is 6.07 Å². The fourth-order valence-corrected chi connectivity index (χ4v) is 4.71. The number of ether oxygens (including phenoxy) is 3. The van der Waals surface area contributed by atoms with Crippen LogP contribution >= 0.6 is 0 Å². The number of aliphatic imine (C=N–C) groups is 1. The predicted octanol–water partition coefficient (Wildman–Crippen LogP) is 5.42. The van der Waals surface area contributed by atoms with Gasteiger partial charge in [0, 0.05) is 37.1 Å². The van der Waals surface area contributed by atoms with Crippen LogP contribution in [0.25, 0.3) is 0 Å². The van der Waals surface area contributed by atoms with Crippen LogP contribution in [0.4, 0.5) is 8.78 Å². The van der Waals surface area contributed by atoms with Crippen molar-refractivity contribution in [2.24, 2.45) is 4.99 Å². The molecule has 3 aromatic carbocycles. The third-order valence-corrected chi connectivity index (χ3v) is 6.75. The number of rotatable bonds is 12. The number of aliphatic hydroxyl groups excluding tert-OH is 1. The molecule has 43 heavy (non-hydrogen) atoms. The molecule has 3 aromatic rings. The van der Waals surface area contributed by atoms with Gasteiger partial charge in [0.25, 0.3) is 5.91 Å². The first kappa shape index (κ1) is 31.6. The Bertz CT molecular complexity index is 1420. The first-order valence-corrected chi connectivity index (χ1v) is 14.1. The van der Waals surface area contributed by atoms with E-state index in [0.717, 1.165) is 12.1 Å². The van der Waals surface area contributed by atoms with Crippen molar-refractivity contribution in [1.29, 1.82) is 0 Å². The zero-order valence-electron chi connectivity index (χ0n) is 24.4. The fourth-order valence-electron chi connectivity index (χ4n) is 4.71. The van der Waals surface area contributed by atoms with Crippen molar-refractivity contribution in [3.05, 3.63) is 101 Å². The summed E-state index contributed by atoms with van der Waals surface area (Å²) in [6.45, 7) is 5.16. The summed E-state index contributed by atoms with van der Waals surface area (Å²) in [6, 6.07) is 19.3. The van der Waals surface area contributed by atoms with Crippen LogP contribution in [0, 0.1) is 11.6 Å². The molecule has 1 amide bonds. The number of benzene rings is 3. The molecule has 0 saturated carbocycles. The Labute approximate surface area is 249 Å². The Morgan fingerprint density at radius 1 is 1.00 bits per heavy atom. The summed E-state index contributed by atoms with van der Waals surface area (Å²) < 4.78 is 46.3. The van der Waals surface area contributed by atoms with Crippen LogP contribution in [-0.4, -0.2) is 47.2 Å². The number of nitrogens with zero attached hydrogens (tertiary/aromatic N) is 1. The first-order valence-electron chi connectivity index (χ1n) is 14.1. The standard InChI is InChI=1S/C33H36F2N2O6/c1-32(2,3)43-28(39)17-18-33(31(40)36-21-25-26(34)11-7-12-27(25)35)29(22-9-5-4-6-10-22)42-30(37-33)23-13-15-24(16-14-23)41-20-8-19-38/h4-7,9-16,29,38H,8,17-21H2,1-3H3,(H,36,40)/t29-,33-/m1/s1. The van der Waals surface area contributed by atoms with Gasteiger partial charge in [-0.15, -0.1) is 0 Å². The molecule has 10 heteroatoms. The normalized spacial score (nSPS) is 18.0. The highest BCUT2D eigenvalue weighted by molar-refractivity contribution is 6.01. The van der Waals surface area contributed by atoms with Gasteiger partial charge in [0.1, 0.15) is 23.0 Å². The number of esters is 1. The van der Waals surface area contributed by atoms with Gasteiger partial charge in [-0.1, -0.05) is 36.4 Å². The maximum atomic E-state index is 14.4. The SMILES string of the molecule is CC(C)(C)OC(=O)CC[C@@]1(C(=O)NCc2c(F)cccc2F)N=C(c2ccc(OCCCO)cc2)O[C@@H]1c1ccccc1. The minimum absolute atomic E-state index is 0.0145. The lowest BCUT2D eigenvalue weighted by molar-refractivity contribution is -0.155. The van der Waals surface area contributed by atoms with Crippen LogP contribution in [0.2, 0.25) is 0 Å². The van der Waals surface area contributed by atoms with Gasteiger partial charge in [-0.05, 0) is 69.2 Å². The fraction of sp³-hybridized carbons (Fsp3) is 0.364. The van der Waals surface area contributed by atoms with Crippen molar-refractivity contribution in [2.45, 2.75) is 63.8 Å². The summed E-state index contributed by atoms with van der Waals surface area (Å²) in [7, 11) is 0. The topological polar surface area (TPSA) is 106 Å². The molecule has 0 fully saturated rings. The predicted molar refractivity (Wildman–Crippen MR) is 156 cm³/mol. The summed E-state index contributed by atoms with van der Waals surface area (Å²) in [5, 5.41) is 11.6. The summed E-state index contributed by atoms with van der Waals surface area (Å²) >= 11 is 0. The monoisotopic (exact) mass is 594 g/mol. The second kappa shape index (κ2) is 13.8. The number of halogens is 2. The Kier molecular flexibility index (Phi) is 10.1. The minimum atomic E-state index is -1.67. The van der Waals surface area contributed by atoms with E-state index in [1.165, 1.54) is 6.07 Å². The Morgan fingerprint density at radius 2 is 1.67 bits per heavy atom. The number of carbonyl (C=O) groups is 2. The molecule has 1 heterocycles. The average molecular weight is 595 g/mol. The third-order valence-electron chi connectivity index (χ3n) is 6.75. The van der Waals surface area contributed by atoms with Crippen molar-refractivity contribution >= 4 is 17.8 Å². The van der Waals surface area contributed by atoms with Crippen molar-refractivity contribution in [2.75, 3.05) is 13.2 Å². The van der Waals surface area contributed by atoms with Crippen molar-refractivity contribution in [1.82, 2.24) is 5.32 Å². The molecule has 2 atom stereocenters. The lowest BCUT2D eigenvalue weighted by atomic mass is 9.83. The average Bonchev–Trinajstić information content (AvgIpc) is 3.37. The number of aliphatic hydroxyl groups is 1. The van der Waals surface area contributed by atoms with E-state index < -0.39 is 47.3 Å². The van der Waals surface area contributed by atoms with Crippen LogP contribution in [0.1, 0.15) is 62.8 Å². The maximum absolute atomic E-state index is 14.4. The molecule has 8 nitrogen and oxygen atoms in total. The van der Waals surface area contributed by atoms with E-state index in [9.17, 15) is 18.4 Å². The van der Waals surface area contributed by atoms with E-state index in [1.54, 1.807) is 69.3 Å². The molecule has 0 radical (unpaired) electrons. The molecule has 0 aliphatic carbocycles. The highest BCUT2D eigenvalue weighted by Crippen LogP contribution is 2.43. The van der Waals surface area contributed by atoms with Crippen LogP contribution in [0.5, 0.6) is 5.75 Å². The highest BCUT2D eigenvalue weighted by atomic mass is 19.1. The van der Waals surface area contributed by atoms with Crippen LogP contribution < -0.4 is 10.1 Å². The third kappa shape index (κ3) is 7.95. The van der Waals surface area contributed by atoms with Crippen molar-refractivity contribution < 1.29 is 37.7 Å². The van der Waals surface area contributed by atoms with E-state index in [2.05, 4.69) is 5.32 Å². The second-order valence-corrected chi connectivity index (χ2v) is 11.2. The van der Waals surface area contributed by atoms with E-state index in [0.29, 0.717) is 29.9 Å². The Morgan fingerprint density at radius 3 is 2.30 bits per heavy atom. The number of hydrogen-bond acceptors (Lipinski definition) is 7. The molecule has 1 aliphatic heterocycles. The molecule has 4 rings (SSSR count). The van der Waals surface area contributed by atoms with Crippen molar-refractivity contribution in [3.8, 4) is 5.75 Å². The van der Waals surface area contributed by atoms with Gasteiger partial charge in [-0.3, -0.25) is 9.59 Å². The van der Waals surface area contributed by atoms with E-state index in [-0.39, 0.29) is 30.9 Å². The van der Waals surface area contributed by atoms with Gasteiger partial charge in [-0.25, -0.2) is 13.8 Å². The summed E-state index contributed by atoms with van der Waals surface area (Å²) in [5.41, 5.74) is -1.53. The van der Waals surface area contributed by atoms with Gasteiger partial charge in [0.05, 0.1) is 6.61 Å². The van der Waals surface area contributed by atoms with Gasteiger partial charge in [0.2, 0.25) is 5.90 Å². The van der Waals surface area contributed by atoms with Gasteiger partial charge in [0.15, 0.2) is 11.6 Å². The highest BCUT2D eigenvalue weighted by Gasteiger charge is 2.53. The Balaban J connectivity index is 1.72. The molecule has 0 spiro atoms. The lowest BCUT2D eigenvalue weighted by Gasteiger charge is -2.31. The smallest absolute Gasteiger partial charge is 0.306 e. The summed E-state index contributed by atoms with van der Waals surface area (Å²) in [6.07, 6.45) is -0.738.